The summed E-state index contributed by atoms with van der Waals surface area (Å²) in [6.07, 6.45) is 2.08. The number of amides is 2. The molecule has 268 valence electrons. The first-order chi connectivity index (χ1) is 23.2. The Morgan fingerprint density at radius 3 is 1.38 bits per heavy atom. The van der Waals surface area contributed by atoms with Crippen molar-refractivity contribution in [1.29, 1.82) is 0 Å². The first-order valence-electron chi connectivity index (χ1n) is 14.0. The molecule has 2 fully saturated rings. The molecule has 2 heterocycles. The van der Waals surface area contributed by atoms with E-state index >= 15 is 0 Å². The first-order valence-corrected chi connectivity index (χ1v) is 21.0. The summed E-state index contributed by atoms with van der Waals surface area (Å²) < 4.78 is 104. The third kappa shape index (κ3) is 9.57. The maximum absolute atomic E-state index is 13.9. The molecule has 2 aliphatic rings. The van der Waals surface area contributed by atoms with Crippen molar-refractivity contribution >= 4 is 110 Å². The van der Waals surface area contributed by atoms with Gasteiger partial charge in [0.1, 0.15) is 0 Å². The lowest BCUT2D eigenvalue weighted by Crippen LogP contribution is -2.45. The fourth-order valence-corrected chi connectivity index (χ4v) is 10.1. The van der Waals surface area contributed by atoms with E-state index in [1.54, 1.807) is 9.44 Å². The second kappa shape index (κ2) is 15.3. The predicted molar refractivity (Wildman–Crippen MR) is 188 cm³/mol. The van der Waals surface area contributed by atoms with Crippen LogP contribution in [0, 0.1) is 0 Å². The third-order valence-corrected chi connectivity index (χ3v) is 13.1. The lowest BCUT2D eigenvalue weighted by molar-refractivity contribution is -0.121. The van der Waals surface area contributed by atoms with Crippen LogP contribution in [0.4, 0.5) is 11.4 Å². The Balaban J connectivity index is 1.72. The van der Waals surface area contributed by atoms with Crippen LogP contribution in [0.1, 0.15) is 24.0 Å². The lowest BCUT2D eigenvalue weighted by atomic mass is 10.1. The Labute approximate surface area is 298 Å². The van der Waals surface area contributed by atoms with E-state index in [-0.39, 0.29) is 58.2 Å². The number of hydrogen-bond acceptors (Lipinski definition) is 16. The van der Waals surface area contributed by atoms with Gasteiger partial charge in [-0.2, -0.15) is 26.8 Å². The molecule has 4 atom stereocenters. The van der Waals surface area contributed by atoms with Gasteiger partial charge in [-0.25, -0.2) is 36.6 Å². The number of benzene rings is 2. The van der Waals surface area contributed by atoms with Crippen molar-refractivity contribution in [3.8, 4) is 0 Å². The van der Waals surface area contributed by atoms with Crippen LogP contribution in [-0.2, 0) is 49.7 Å². The van der Waals surface area contributed by atoms with Crippen LogP contribution in [0.2, 0.25) is 0 Å². The first kappa shape index (κ1) is 39.2. The SMILES string of the molecule is NS(=O)(=O)NC(=O)C1C[C@@H](S(=O)(=O)c2cc(N=C=S)ccc2/C=C/c2ccc(N=C=S)cc2S(=O)(=O)[C@@H]2CN[C@@H](C(=O)NS(N)(=O)=O)C2)CN1. The van der Waals surface area contributed by atoms with Gasteiger partial charge >= 0.3 is 0 Å². The molecule has 24 heteroatoms. The molecule has 4 rings (SSSR count). The molecule has 2 amide bonds. The topological polar surface area (TPSA) is 296 Å². The summed E-state index contributed by atoms with van der Waals surface area (Å²) in [6, 6.07) is 5.75. The van der Waals surface area contributed by atoms with E-state index < -0.39 is 74.5 Å². The minimum absolute atomic E-state index is 0.0948. The van der Waals surface area contributed by atoms with Crippen molar-refractivity contribution in [3.05, 3.63) is 47.5 Å². The highest BCUT2D eigenvalue weighted by Gasteiger charge is 2.41. The van der Waals surface area contributed by atoms with Crippen LogP contribution >= 0.6 is 24.4 Å². The molecule has 0 saturated carbocycles. The second-order valence-corrected chi connectivity index (χ2v) is 18.3. The molecular weight excluding hydrogens is 777 g/mol. The number of nitrogens with one attached hydrogen (secondary N) is 4. The van der Waals surface area contributed by atoms with Gasteiger partial charge in [-0.05, 0) is 72.7 Å². The van der Waals surface area contributed by atoms with Crippen LogP contribution in [0.15, 0.2) is 56.2 Å². The van der Waals surface area contributed by atoms with Gasteiger partial charge in [-0.3, -0.25) is 9.59 Å². The molecule has 8 N–H and O–H groups in total. The quantitative estimate of drug-likeness (QED) is 0.0850. The van der Waals surface area contributed by atoms with E-state index in [0.29, 0.717) is 0 Å². The Morgan fingerprint density at radius 2 is 1.06 bits per heavy atom. The highest BCUT2D eigenvalue weighted by Crippen LogP contribution is 2.33. The van der Waals surface area contributed by atoms with Crippen molar-refractivity contribution in [2.75, 3.05) is 13.1 Å². The van der Waals surface area contributed by atoms with Gasteiger partial charge in [-0.1, -0.05) is 24.3 Å². The maximum Gasteiger partial charge on any atom is 0.298 e. The van der Waals surface area contributed by atoms with E-state index in [2.05, 4.69) is 55.4 Å². The number of carbonyl (C=O) groups is 2. The van der Waals surface area contributed by atoms with Crippen molar-refractivity contribution in [2.45, 2.75) is 45.2 Å². The van der Waals surface area contributed by atoms with E-state index in [0.717, 1.165) is 0 Å². The lowest BCUT2D eigenvalue weighted by Gasteiger charge is -2.15. The summed E-state index contributed by atoms with van der Waals surface area (Å²) in [4.78, 5) is 31.8. The predicted octanol–water partition coefficient (Wildman–Crippen LogP) is -1.03. The molecule has 0 aromatic heterocycles. The average Bonchev–Trinajstić information content (AvgIpc) is 3.72. The number of rotatable bonds is 12. The molecular formula is C26H28N8O10S6. The summed E-state index contributed by atoms with van der Waals surface area (Å²) in [5, 5.41) is 17.0. The van der Waals surface area contributed by atoms with Crippen molar-refractivity contribution in [1.82, 2.24) is 20.1 Å². The smallest absolute Gasteiger partial charge is 0.298 e. The molecule has 2 aromatic rings. The zero-order valence-electron chi connectivity index (χ0n) is 25.3. The van der Waals surface area contributed by atoms with Gasteiger partial charge in [0.2, 0.25) is 0 Å². The number of nitrogens with zero attached hydrogens (tertiary/aromatic N) is 2. The van der Waals surface area contributed by atoms with E-state index in [1.807, 2.05) is 0 Å². The van der Waals surface area contributed by atoms with E-state index in [9.17, 15) is 43.3 Å². The molecule has 0 bridgehead atoms. The van der Waals surface area contributed by atoms with Crippen molar-refractivity contribution < 1.29 is 43.3 Å². The monoisotopic (exact) mass is 804 g/mol. The van der Waals surface area contributed by atoms with Gasteiger partial charge in [-0.15, -0.1) is 0 Å². The number of sulfone groups is 2. The largest absolute Gasteiger partial charge is 0.304 e. The fourth-order valence-electron chi connectivity index (χ4n) is 5.30. The van der Waals surface area contributed by atoms with Crippen LogP contribution < -0.4 is 30.4 Å². The molecule has 18 nitrogen and oxygen atoms in total. The summed E-state index contributed by atoms with van der Waals surface area (Å²) >= 11 is 9.31. The highest BCUT2D eigenvalue weighted by atomic mass is 32.2. The summed E-state index contributed by atoms with van der Waals surface area (Å²) in [7, 11) is -17.3. The summed E-state index contributed by atoms with van der Waals surface area (Å²) in [5.41, 5.74) is 0.450. The number of hydrogen-bond donors (Lipinski definition) is 6. The zero-order valence-corrected chi connectivity index (χ0v) is 30.2. The minimum Gasteiger partial charge on any atom is -0.304 e. The molecule has 50 heavy (non-hydrogen) atoms. The van der Waals surface area contributed by atoms with Gasteiger partial charge in [0.25, 0.3) is 32.2 Å². The van der Waals surface area contributed by atoms with E-state index in [1.165, 1.54) is 48.6 Å². The van der Waals surface area contributed by atoms with Crippen molar-refractivity contribution in [3.63, 3.8) is 0 Å². The molecule has 0 spiro atoms. The molecule has 1 unspecified atom stereocenters. The summed E-state index contributed by atoms with van der Waals surface area (Å²) in [5.74, 6) is -2.07. The number of isothiocyanates is 2. The Morgan fingerprint density at radius 1 is 0.700 bits per heavy atom. The minimum atomic E-state index is -4.39. The highest BCUT2D eigenvalue weighted by molar-refractivity contribution is 7.92. The number of aliphatic imine (C=N–C) groups is 2. The molecule has 0 aliphatic carbocycles. The van der Waals surface area contributed by atoms with Gasteiger partial charge in [0.15, 0.2) is 19.7 Å². The molecule has 2 saturated heterocycles. The molecule has 0 radical (unpaired) electrons. The van der Waals surface area contributed by atoms with Crippen molar-refractivity contribution in [2.24, 2.45) is 20.3 Å². The van der Waals surface area contributed by atoms with Gasteiger partial charge in [0.05, 0.1) is 54.1 Å². The van der Waals surface area contributed by atoms with Gasteiger partial charge < -0.3 is 10.6 Å². The standard InChI is InChI=1S/C26H28N8O10S6/c27-49(41,42)33-25(35)21-9-19(11-29-21)47(37,38)23-7-17(31-13-45)5-3-15(23)1-2-16-4-6-18(32-14-46)8-24(16)48(39,40)20-10-22(30-12-20)26(36)34-50(28,43)44/h1-8,19-22,29-30H,9-12H2,(H,33,35)(H,34,36)(H2,27,41,42)(H2,28,43,44)/b2-1+/t19-,20+,21+,22?/m0/s1. The zero-order chi connectivity index (χ0) is 37.1. The van der Waals surface area contributed by atoms with Crippen LogP contribution in [0.5, 0.6) is 0 Å². The van der Waals surface area contributed by atoms with Crippen LogP contribution in [0.25, 0.3) is 12.2 Å². The van der Waals surface area contributed by atoms with Crippen LogP contribution in [-0.4, -0.2) is 91.5 Å². The maximum atomic E-state index is 13.9. The number of nitrogens with two attached hydrogens (primary N) is 2. The average molecular weight is 805 g/mol. The van der Waals surface area contributed by atoms with Gasteiger partial charge in [0, 0.05) is 13.1 Å². The summed E-state index contributed by atoms with van der Waals surface area (Å²) in [6.45, 7) is -0.435. The van der Waals surface area contributed by atoms with Crippen LogP contribution in [0.3, 0.4) is 0 Å². The fraction of sp³-hybridized carbons (Fsp3) is 0.308. The number of carbonyl (C=O) groups excluding carboxylic acids is 2. The Kier molecular flexibility index (Phi) is 12.0. The number of thiocarbonyl (C=S) groups is 2. The Hall–Kier alpha value is -3.64. The van der Waals surface area contributed by atoms with E-state index in [4.69, 9.17) is 10.3 Å². The molecule has 2 aromatic carbocycles. The molecule has 2 aliphatic heterocycles. The normalized spacial score (nSPS) is 21.2. The Bertz CT molecular complexity index is 2140. The third-order valence-electron chi connectivity index (χ3n) is 7.58. The second-order valence-electron chi connectivity index (χ2n) is 10.9.